The van der Waals surface area contributed by atoms with Crippen molar-refractivity contribution in [3.05, 3.63) is 59.7 Å². The van der Waals surface area contributed by atoms with Gasteiger partial charge in [0, 0.05) is 18.3 Å². The van der Waals surface area contributed by atoms with Crippen LogP contribution >= 0.6 is 0 Å². The van der Waals surface area contributed by atoms with Crippen molar-refractivity contribution in [1.82, 2.24) is 0 Å². The van der Waals surface area contributed by atoms with Crippen molar-refractivity contribution in [2.24, 2.45) is 0 Å². The standard InChI is InChI=1S/C21H24O5/c1-21(2,15-7-11-17(22)12-8-15)16-9-13-18(14-10-16)26-20(25)6-4-3-5-19(23)24/h7-14,22H,3-6H2,1-2H3,(H,23,24). The number of carboxylic acids is 1. The summed E-state index contributed by atoms with van der Waals surface area (Å²) in [5, 5.41) is 18.0. The summed E-state index contributed by atoms with van der Waals surface area (Å²) in [5.74, 6) is -0.514. The number of hydrogen-bond donors (Lipinski definition) is 2. The van der Waals surface area contributed by atoms with Crippen LogP contribution in [0.15, 0.2) is 48.5 Å². The molecule has 26 heavy (non-hydrogen) atoms. The maximum Gasteiger partial charge on any atom is 0.311 e. The number of carbonyl (C=O) groups is 2. The zero-order chi connectivity index (χ0) is 19.2. The van der Waals surface area contributed by atoms with Crippen molar-refractivity contribution in [2.75, 3.05) is 0 Å². The zero-order valence-electron chi connectivity index (χ0n) is 15.1. The molecule has 0 atom stereocenters. The van der Waals surface area contributed by atoms with E-state index in [1.807, 2.05) is 24.3 Å². The largest absolute Gasteiger partial charge is 0.508 e. The van der Waals surface area contributed by atoms with Crippen LogP contribution in [-0.2, 0) is 15.0 Å². The molecule has 0 unspecified atom stereocenters. The lowest BCUT2D eigenvalue weighted by atomic mass is 9.78. The molecule has 138 valence electrons. The lowest BCUT2D eigenvalue weighted by Gasteiger charge is -2.26. The van der Waals surface area contributed by atoms with Gasteiger partial charge in [-0.3, -0.25) is 9.59 Å². The first-order valence-electron chi connectivity index (χ1n) is 8.61. The highest BCUT2D eigenvalue weighted by Crippen LogP contribution is 2.33. The molecule has 0 radical (unpaired) electrons. The van der Waals surface area contributed by atoms with E-state index in [9.17, 15) is 14.7 Å². The number of unbranched alkanes of at least 4 members (excludes halogenated alkanes) is 1. The Kier molecular flexibility index (Phi) is 6.39. The number of benzene rings is 2. The minimum atomic E-state index is -0.856. The topological polar surface area (TPSA) is 83.8 Å². The average Bonchev–Trinajstić information content (AvgIpc) is 2.59. The van der Waals surface area contributed by atoms with Gasteiger partial charge < -0.3 is 14.9 Å². The van der Waals surface area contributed by atoms with Gasteiger partial charge in [0.2, 0.25) is 0 Å². The summed E-state index contributed by atoms with van der Waals surface area (Å²) in [5.41, 5.74) is 1.87. The molecule has 0 bridgehead atoms. The number of rotatable bonds is 8. The minimum absolute atomic E-state index is 0.0638. The number of ether oxygens (including phenoxy) is 1. The van der Waals surface area contributed by atoms with Gasteiger partial charge in [-0.15, -0.1) is 0 Å². The van der Waals surface area contributed by atoms with Gasteiger partial charge in [0.1, 0.15) is 11.5 Å². The summed E-state index contributed by atoms with van der Waals surface area (Å²) in [6, 6.07) is 14.5. The summed E-state index contributed by atoms with van der Waals surface area (Å²) >= 11 is 0. The molecule has 0 aliphatic heterocycles. The van der Waals surface area contributed by atoms with Crippen molar-refractivity contribution < 1.29 is 24.5 Å². The highest BCUT2D eigenvalue weighted by Gasteiger charge is 2.23. The lowest BCUT2D eigenvalue weighted by Crippen LogP contribution is -2.18. The average molecular weight is 356 g/mol. The van der Waals surface area contributed by atoms with E-state index in [1.54, 1.807) is 24.3 Å². The molecule has 0 saturated heterocycles. The molecule has 5 nitrogen and oxygen atoms in total. The summed E-state index contributed by atoms with van der Waals surface area (Å²) in [7, 11) is 0. The monoisotopic (exact) mass is 356 g/mol. The third-order valence-electron chi connectivity index (χ3n) is 4.42. The van der Waals surface area contributed by atoms with Crippen molar-refractivity contribution in [3.63, 3.8) is 0 Å². The molecule has 0 spiro atoms. The highest BCUT2D eigenvalue weighted by atomic mass is 16.5. The molecular weight excluding hydrogens is 332 g/mol. The van der Waals surface area contributed by atoms with Gasteiger partial charge in [-0.25, -0.2) is 0 Å². The van der Waals surface area contributed by atoms with Crippen LogP contribution < -0.4 is 4.74 Å². The van der Waals surface area contributed by atoms with Crippen LogP contribution in [0.2, 0.25) is 0 Å². The Labute approximate surface area is 153 Å². The molecule has 5 heteroatoms. The number of carboxylic acid groups (broad SMARTS) is 1. The zero-order valence-corrected chi connectivity index (χ0v) is 15.1. The lowest BCUT2D eigenvalue weighted by molar-refractivity contribution is -0.138. The Morgan fingerprint density at radius 2 is 1.38 bits per heavy atom. The van der Waals surface area contributed by atoms with E-state index in [2.05, 4.69) is 13.8 Å². The SMILES string of the molecule is CC(C)(c1ccc(O)cc1)c1ccc(OC(=O)CCCCC(=O)O)cc1. The van der Waals surface area contributed by atoms with Crippen LogP contribution in [0.25, 0.3) is 0 Å². The molecule has 2 rings (SSSR count). The molecular formula is C21H24O5. The molecule has 0 heterocycles. The second-order valence-electron chi connectivity index (χ2n) is 6.77. The highest BCUT2D eigenvalue weighted by molar-refractivity contribution is 5.72. The Balaban J connectivity index is 1.96. The smallest absolute Gasteiger partial charge is 0.311 e. The normalized spacial score (nSPS) is 11.2. The van der Waals surface area contributed by atoms with Crippen LogP contribution in [0, 0.1) is 0 Å². The number of hydrogen-bond acceptors (Lipinski definition) is 4. The predicted octanol–water partition coefficient (Wildman–Crippen LogP) is 4.27. The molecule has 2 aromatic carbocycles. The van der Waals surface area contributed by atoms with Gasteiger partial charge in [0.05, 0.1) is 0 Å². The van der Waals surface area contributed by atoms with Crippen LogP contribution in [0.4, 0.5) is 0 Å². The Morgan fingerprint density at radius 1 is 0.885 bits per heavy atom. The van der Waals surface area contributed by atoms with Gasteiger partial charge in [-0.1, -0.05) is 38.1 Å². The maximum absolute atomic E-state index is 11.8. The fourth-order valence-corrected chi connectivity index (χ4v) is 2.71. The van der Waals surface area contributed by atoms with Gasteiger partial charge in [-0.2, -0.15) is 0 Å². The Morgan fingerprint density at radius 3 is 1.92 bits per heavy atom. The van der Waals surface area contributed by atoms with E-state index >= 15 is 0 Å². The van der Waals surface area contributed by atoms with E-state index in [0.29, 0.717) is 18.6 Å². The molecule has 0 aliphatic rings. The number of phenols is 1. The van der Waals surface area contributed by atoms with Gasteiger partial charge in [-0.05, 0) is 48.2 Å². The molecule has 0 saturated carbocycles. The molecule has 0 fully saturated rings. The quantitative estimate of drug-likeness (QED) is 0.419. The molecule has 2 N–H and O–H groups in total. The first-order valence-corrected chi connectivity index (χ1v) is 8.61. The van der Waals surface area contributed by atoms with Crippen molar-refractivity contribution >= 4 is 11.9 Å². The Bertz CT molecular complexity index is 745. The van der Waals surface area contributed by atoms with Crippen molar-refractivity contribution in [1.29, 1.82) is 0 Å². The van der Waals surface area contributed by atoms with E-state index in [0.717, 1.165) is 11.1 Å². The van der Waals surface area contributed by atoms with Crippen molar-refractivity contribution in [2.45, 2.75) is 44.9 Å². The first-order chi connectivity index (χ1) is 12.3. The number of esters is 1. The summed E-state index contributed by atoms with van der Waals surface area (Å²) in [4.78, 5) is 22.2. The van der Waals surface area contributed by atoms with Gasteiger partial charge in [0.25, 0.3) is 0 Å². The summed E-state index contributed by atoms with van der Waals surface area (Å²) < 4.78 is 5.29. The number of aliphatic carboxylic acids is 1. The number of aromatic hydroxyl groups is 1. The fraction of sp³-hybridized carbons (Fsp3) is 0.333. The third kappa shape index (κ3) is 5.34. The number of phenolic OH excluding ortho intramolecular Hbond substituents is 1. The van der Waals surface area contributed by atoms with Crippen LogP contribution in [0.3, 0.4) is 0 Å². The first kappa shape index (κ1) is 19.5. The van der Waals surface area contributed by atoms with Crippen LogP contribution in [0.5, 0.6) is 11.5 Å². The summed E-state index contributed by atoms with van der Waals surface area (Å²) in [6.45, 7) is 4.17. The second kappa shape index (κ2) is 8.52. The molecule has 0 aromatic heterocycles. The van der Waals surface area contributed by atoms with E-state index in [-0.39, 0.29) is 30.0 Å². The second-order valence-corrected chi connectivity index (χ2v) is 6.77. The van der Waals surface area contributed by atoms with E-state index in [1.165, 1.54) is 0 Å². The summed E-state index contributed by atoms with van der Waals surface area (Å²) in [6.07, 6.45) is 1.23. The molecule has 0 aliphatic carbocycles. The fourth-order valence-electron chi connectivity index (χ4n) is 2.71. The van der Waals surface area contributed by atoms with E-state index < -0.39 is 5.97 Å². The minimum Gasteiger partial charge on any atom is -0.508 e. The van der Waals surface area contributed by atoms with Crippen LogP contribution in [-0.4, -0.2) is 22.2 Å². The third-order valence-corrected chi connectivity index (χ3v) is 4.42. The predicted molar refractivity (Wildman–Crippen MR) is 98.4 cm³/mol. The number of carbonyl (C=O) groups excluding carboxylic acids is 1. The van der Waals surface area contributed by atoms with Crippen molar-refractivity contribution in [3.8, 4) is 11.5 Å². The molecule has 2 aromatic rings. The van der Waals surface area contributed by atoms with Gasteiger partial charge >= 0.3 is 11.9 Å². The van der Waals surface area contributed by atoms with Crippen LogP contribution in [0.1, 0.15) is 50.7 Å². The Hall–Kier alpha value is -2.82. The molecule has 0 amide bonds. The van der Waals surface area contributed by atoms with Gasteiger partial charge in [0.15, 0.2) is 0 Å². The van der Waals surface area contributed by atoms with E-state index in [4.69, 9.17) is 9.84 Å². The maximum atomic E-state index is 11.8.